The Balaban J connectivity index is 2.50. The van der Waals surface area contributed by atoms with Gasteiger partial charge in [-0.3, -0.25) is 14.2 Å². The van der Waals surface area contributed by atoms with Crippen LogP contribution in [0.4, 0.5) is 0 Å². The van der Waals surface area contributed by atoms with Crippen molar-refractivity contribution in [3.8, 4) is 6.07 Å². The van der Waals surface area contributed by atoms with Crippen LogP contribution in [0.3, 0.4) is 0 Å². The van der Waals surface area contributed by atoms with E-state index in [4.69, 9.17) is 5.26 Å². The Bertz CT molecular complexity index is 795. The molecule has 1 heterocycles. The van der Waals surface area contributed by atoms with Crippen LogP contribution in [-0.4, -0.2) is 28.4 Å². The molecule has 1 aromatic carbocycles. The smallest absolute Gasteiger partial charge is 0.325 e. The molecule has 0 aliphatic rings. The molecule has 0 saturated heterocycles. The molecular weight excluding hydrogens is 302 g/mol. The van der Waals surface area contributed by atoms with E-state index in [9.17, 15) is 9.59 Å². The number of hydrogen-bond acceptors (Lipinski definition) is 6. The number of ether oxygens (including phenoxy) is 1. The molecule has 114 valence electrons. The Hall–Kier alpha value is -2.33. The third-order valence-electron chi connectivity index (χ3n) is 3.02. The summed E-state index contributed by atoms with van der Waals surface area (Å²) in [7, 11) is 1.27. The molecule has 1 atom stereocenters. The lowest BCUT2D eigenvalue weighted by Gasteiger charge is -2.12. The van der Waals surface area contributed by atoms with Gasteiger partial charge in [0, 0.05) is 5.75 Å². The predicted molar refractivity (Wildman–Crippen MR) is 83.5 cm³/mol. The molecular formula is C15H15N3O3S. The fraction of sp³-hybridized carbons (Fsp3) is 0.333. The minimum Gasteiger partial charge on any atom is -0.468 e. The molecule has 0 aliphatic carbocycles. The quantitative estimate of drug-likeness (QED) is 0.475. The van der Waals surface area contributed by atoms with Gasteiger partial charge in [0.25, 0.3) is 5.56 Å². The highest BCUT2D eigenvalue weighted by Crippen LogP contribution is 2.20. The molecule has 0 fully saturated rings. The molecule has 0 unspecified atom stereocenters. The van der Waals surface area contributed by atoms with E-state index in [1.165, 1.54) is 23.4 Å². The molecule has 2 rings (SSSR count). The topological polar surface area (TPSA) is 85.0 Å². The van der Waals surface area contributed by atoms with Gasteiger partial charge < -0.3 is 4.74 Å². The molecule has 0 aliphatic heterocycles. The van der Waals surface area contributed by atoms with E-state index in [0.717, 1.165) is 0 Å². The molecule has 0 spiro atoms. The van der Waals surface area contributed by atoms with E-state index in [1.54, 1.807) is 31.2 Å². The first-order valence-corrected chi connectivity index (χ1v) is 7.64. The Morgan fingerprint density at radius 2 is 2.23 bits per heavy atom. The van der Waals surface area contributed by atoms with Crippen LogP contribution in [-0.2, 0) is 16.1 Å². The summed E-state index contributed by atoms with van der Waals surface area (Å²) >= 11 is 1.28. The monoisotopic (exact) mass is 317 g/mol. The molecule has 7 heteroatoms. The number of aromatic nitrogens is 2. The molecule has 0 saturated carbocycles. The zero-order valence-corrected chi connectivity index (χ0v) is 13.1. The lowest BCUT2D eigenvalue weighted by Crippen LogP contribution is -2.27. The van der Waals surface area contributed by atoms with E-state index in [2.05, 4.69) is 15.8 Å². The van der Waals surface area contributed by atoms with Gasteiger partial charge >= 0.3 is 5.97 Å². The van der Waals surface area contributed by atoms with Crippen LogP contribution in [0.15, 0.2) is 34.2 Å². The SMILES string of the molecule is COC(=O)Cn1c(SC[C@H](C)C#N)nc2ccccc2c1=O. The highest BCUT2D eigenvalue weighted by Gasteiger charge is 2.15. The lowest BCUT2D eigenvalue weighted by atomic mass is 10.2. The number of rotatable bonds is 5. The van der Waals surface area contributed by atoms with Crippen molar-refractivity contribution < 1.29 is 9.53 Å². The molecule has 22 heavy (non-hydrogen) atoms. The van der Waals surface area contributed by atoms with Crippen molar-refractivity contribution in [2.24, 2.45) is 5.92 Å². The van der Waals surface area contributed by atoms with Crippen molar-refractivity contribution in [3.05, 3.63) is 34.6 Å². The Morgan fingerprint density at radius 1 is 1.50 bits per heavy atom. The largest absolute Gasteiger partial charge is 0.468 e. The van der Waals surface area contributed by atoms with Gasteiger partial charge in [-0.1, -0.05) is 23.9 Å². The van der Waals surface area contributed by atoms with E-state index in [1.807, 2.05) is 0 Å². The molecule has 0 bridgehead atoms. The Kier molecular flexibility index (Phi) is 5.17. The van der Waals surface area contributed by atoms with Crippen LogP contribution in [0.2, 0.25) is 0 Å². The number of thioether (sulfide) groups is 1. The molecule has 1 aromatic heterocycles. The minimum atomic E-state index is -0.519. The number of esters is 1. The second-order valence-electron chi connectivity index (χ2n) is 4.72. The average molecular weight is 317 g/mol. The van der Waals surface area contributed by atoms with Crippen molar-refractivity contribution in [2.45, 2.75) is 18.6 Å². The zero-order chi connectivity index (χ0) is 16.1. The maximum absolute atomic E-state index is 12.6. The Morgan fingerprint density at radius 3 is 2.91 bits per heavy atom. The maximum Gasteiger partial charge on any atom is 0.325 e. The summed E-state index contributed by atoms with van der Waals surface area (Å²) in [6.07, 6.45) is 0. The van der Waals surface area contributed by atoms with Gasteiger partial charge in [0.05, 0.1) is 30.0 Å². The number of nitrogens with zero attached hydrogens (tertiary/aromatic N) is 3. The average Bonchev–Trinajstić information content (AvgIpc) is 2.55. The number of methoxy groups -OCH3 is 1. The lowest BCUT2D eigenvalue weighted by molar-refractivity contribution is -0.141. The summed E-state index contributed by atoms with van der Waals surface area (Å²) in [4.78, 5) is 28.5. The van der Waals surface area contributed by atoms with Gasteiger partial charge in [-0.2, -0.15) is 5.26 Å². The predicted octanol–water partition coefficient (Wildman–Crippen LogP) is 1.82. The molecule has 6 nitrogen and oxygen atoms in total. The van der Waals surface area contributed by atoms with Gasteiger partial charge in [-0.15, -0.1) is 0 Å². The van der Waals surface area contributed by atoms with Crippen LogP contribution in [0.25, 0.3) is 10.9 Å². The fourth-order valence-corrected chi connectivity index (χ4v) is 2.77. The highest BCUT2D eigenvalue weighted by atomic mass is 32.2. The molecule has 0 amide bonds. The summed E-state index contributed by atoms with van der Waals surface area (Å²) in [6, 6.07) is 9.10. The summed E-state index contributed by atoms with van der Waals surface area (Å²) in [6.45, 7) is 1.59. The summed E-state index contributed by atoms with van der Waals surface area (Å²) in [5.74, 6) is -0.211. The van der Waals surface area contributed by atoms with Gasteiger partial charge in [0.2, 0.25) is 0 Å². The zero-order valence-electron chi connectivity index (χ0n) is 12.3. The molecule has 0 radical (unpaired) electrons. The standard InChI is InChI=1S/C15H15N3O3S/c1-10(7-16)9-22-15-17-12-6-4-3-5-11(12)14(20)18(15)8-13(19)21-2/h3-6,10H,8-9H2,1-2H3/t10-/m1/s1. The van der Waals surface area contributed by atoms with Crippen LogP contribution in [0.1, 0.15) is 6.92 Å². The highest BCUT2D eigenvalue weighted by molar-refractivity contribution is 7.99. The first kappa shape index (κ1) is 16.0. The number of benzene rings is 1. The maximum atomic E-state index is 12.6. The summed E-state index contributed by atoms with van der Waals surface area (Å²) in [5.41, 5.74) is 0.281. The van der Waals surface area contributed by atoms with Crippen molar-refractivity contribution in [3.63, 3.8) is 0 Å². The van der Waals surface area contributed by atoms with Crippen molar-refractivity contribution in [1.29, 1.82) is 5.26 Å². The third-order valence-corrected chi connectivity index (χ3v) is 4.26. The van der Waals surface area contributed by atoms with Gasteiger partial charge in [0.1, 0.15) is 6.54 Å². The van der Waals surface area contributed by atoms with E-state index < -0.39 is 5.97 Å². The third kappa shape index (κ3) is 3.46. The summed E-state index contributed by atoms with van der Waals surface area (Å²) < 4.78 is 5.93. The van der Waals surface area contributed by atoms with Gasteiger partial charge in [-0.05, 0) is 19.1 Å². The van der Waals surface area contributed by atoms with E-state index >= 15 is 0 Å². The van der Waals surface area contributed by atoms with Crippen molar-refractivity contribution in [2.75, 3.05) is 12.9 Å². The second kappa shape index (κ2) is 7.09. The normalized spacial score (nSPS) is 11.9. The van der Waals surface area contributed by atoms with Gasteiger partial charge in [-0.25, -0.2) is 4.98 Å². The number of carbonyl (C=O) groups excluding carboxylic acids is 1. The second-order valence-corrected chi connectivity index (χ2v) is 5.71. The van der Waals surface area contributed by atoms with Crippen LogP contribution >= 0.6 is 11.8 Å². The van der Waals surface area contributed by atoms with Crippen LogP contribution < -0.4 is 5.56 Å². The Labute approximate surface area is 131 Å². The summed E-state index contributed by atoms with van der Waals surface area (Å²) in [5, 5.41) is 9.73. The van der Waals surface area contributed by atoms with Crippen LogP contribution in [0, 0.1) is 17.2 Å². The molecule has 2 aromatic rings. The van der Waals surface area contributed by atoms with Crippen molar-refractivity contribution >= 4 is 28.6 Å². The van der Waals surface area contributed by atoms with Crippen LogP contribution in [0.5, 0.6) is 0 Å². The number of hydrogen-bond donors (Lipinski definition) is 0. The van der Waals surface area contributed by atoms with E-state index in [0.29, 0.717) is 21.8 Å². The first-order chi connectivity index (χ1) is 10.6. The number of fused-ring (bicyclic) bond motifs is 1. The number of carbonyl (C=O) groups is 1. The number of nitriles is 1. The minimum absolute atomic E-state index is 0.181. The number of para-hydroxylation sites is 1. The van der Waals surface area contributed by atoms with Crippen molar-refractivity contribution in [1.82, 2.24) is 9.55 Å². The van der Waals surface area contributed by atoms with Gasteiger partial charge in [0.15, 0.2) is 5.16 Å². The fourth-order valence-electron chi connectivity index (χ4n) is 1.83. The first-order valence-electron chi connectivity index (χ1n) is 6.65. The molecule has 0 N–H and O–H groups in total. The van der Waals surface area contributed by atoms with E-state index in [-0.39, 0.29) is 18.0 Å².